The maximum absolute atomic E-state index is 11.4. The highest BCUT2D eigenvalue weighted by atomic mass is 16.6. The van der Waals surface area contributed by atoms with Gasteiger partial charge in [0.1, 0.15) is 6.61 Å². The lowest BCUT2D eigenvalue weighted by molar-refractivity contribution is -0.155. The predicted octanol–water partition coefficient (Wildman–Crippen LogP) is 0.769. The van der Waals surface area contributed by atoms with Gasteiger partial charge in [0.05, 0.1) is 0 Å². The van der Waals surface area contributed by atoms with Gasteiger partial charge < -0.3 is 19.1 Å². The molecule has 1 aromatic heterocycles. The van der Waals surface area contributed by atoms with Crippen LogP contribution >= 0.6 is 0 Å². The molecule has 0 aliphatic carbocycles. The second-order valence-corrected chi connectivity index (χ2v) is 5.16. The Bertz CT molecular complexity index is 540. The number of piperidine rings is 1. The molecule has 7 nitrogen and oxygen atoms in total. The number of ether oxygens (including phenoxy) is 3. The van der Waals surface area contributed by atoms with Gasteiger partial charge in [-0.25, -0.2) is 14.6 Å². The molecular weight excluding hydrogens is 276 g/mol. The number of likely N-dealkylation sites (tertiary alicyclic amines) is 1. The minimum Gasteiger partial charge on any atom is -0.484 e. The summed E-state index contributed by atoms with van der Waals surface area (Å²) in [5, 5.41) is 0. The molecule has 0 N–H and O–H groups in total. The van der Waals surface area contributed by atoms with Gasteiger partial charge in [0.15, 0.2) is 5.75 Å². The number of rotatable bonds is 3. The molecule has 1 aromatic rings. The summed E-state index contributed by atoms with van der Waals surface area (Å²) in [6.45, 7) is 1.46. The Balaban J connectivity index is 1.77. The molecule has 2 aliphatic heterocycles. The molecular formula is C14H16N2O5. The molecule has 0 radical (unpaired) electrons. The summed E-state index contributed by atoms with van der Waals surface area (Å²) >= 11 is 0. The molecule has 1 saturated heterocycles. The van der Waals surface area contributed by atoms with Gasteiger partial charge in [-0.1, -0.05) is 6.42 Å². The second-order valence-electron chi connectivity index (χ2n) is 5.16. The van der Waals surface area contributed by atoms with E-state index < -0.39 is 11.9 Å². The largest absolute Gasteiger partial charge is 0.484 e. The van der Waals surface area contributed by atoms with E-state index in [1.807, 2.05) is 0 Å². The Hall–Kier alpha value is -2.15. The first-order valence-corrected chi connectivity index (χ1v) is 6.91. The molecule has 1 fully saturated rings. The van der Waals surface area contributed by atoms with Crippen molar-refractivity contribution >= 4 is 11.9 Å². The molecule has 0 saturated carbocycles. The van der Waals surface area contributed by atoms with Crippen molar-refractivity contribution in [1.29, 1.82) is 0 Å². The summed E-state index contributed by atoms with van der Waals surface area (Å²) < 4.78 is 15.5. The summed E-state index contributed by atoms with van der Waals surface area (Å²) in [4.78, 5) is 28.9. The van der Waals surface area contributed by atoms with Gasteiger partial charge in [-0.3, -0.25) is 0 Å². The normalized spacial score (nSPS) is 22.2. The van der Waals surface area contributed by atoms with Gasteiger partial charge in [-0.05, 0) is 26.4 Å². The van der Waals surface area contributed by atoms with Crippen molar-refractivity contribution in [3.05, 3.63) is 12.3 Å². The van der Waals surface area contributed by atoms with Crippen LogP contribution < -0.4 is 14.2 Å². The third-order valence-electron chi connectivity index (χ3n) is 3.74. The lowest BCUT2D eigenvalue weighted by Gasteiger charge is -2.32. The molecule has 3 rings (SSSR count). The summed E-state index contributed by atoms with van der Waals surface area (Å²) in [5.74, 6) is -1.83. The lowest BCUT2D eigenvalue weighted by Crippen LogP contribution is -2.40. The number of fused-ring (bicyclic) bond motifs is 2. The molecule has 3 heterocycles. The van der Waals surface area contributed by atoms with Gasteiger partial charge in [-0.2, -0.15) is 0 Å². The Morgan fingerprint density at radius 3 is 2.95 bits per heavy atom. The monoisotopic (exact) mass is 292 g/mol. The van der Waals surface area contributed by atoms with Crippen molar-refractivity contribution in [3.8, 4) is 17.4 Å². The number of carbonyl (C=O) groups is 2. The van der Waals surface area contributed by atoms with Crippen molar-refractivity contribution in [2.24, 2.45) is 0 Å². The zero-order valence-corrected chi connectivity index (χ0v) is 11.7. The van der Waals surface area contributed by atoms with E-state index >= 15 is 0 Å². The number of nitrogens with zero attached hydrogens (tertiary/aromatic N) is 2. The number of carbonyl (C=O) groups excluding carboxylic acids is 2. The van der Waals surface area contributed by atoms with Gasteiger partial charge in [0.2, 0.25) is 5.75 Å². The van der Waals surface area contributed by atoms with Crippen molar-refractivity contribution in [1.82, 2.24) is 9.88 Å². The van der Waals surface area contributed by atoms with Gasteiger partial charge >= 0.3 is 11.9 Å². The molecule has 1 atom stereocenters. The van der Waals surface area contributed by atoms with E-state index in [2.05, 4.69) is 16.9 Å². The van der Waals surface area contributed by atoms with E-state index in [4.69, 9.17) is 14.2 Å². The Labute approximate surface area is 121 Å². The molecule has 112 valence electrons. The molecule has 2 bridgehead atoms. The highest BCUT2D eigenvalue weighted by Crippen LogP contribution is 2.37. The smallest absolute Gasteiger partial charge is 0.424 e. The van der Waals surface area contributed by atoms with Crippen LogP contribution in [0.4, 0.5) is 0 Å². The lowest BCUT2D eigenvalue weighted by atomic mass is 10.0. The first-order chi connectivity index (χ1) is 10.1. The molecule has 2 aliphatic rings. The number of likely N-dealkylation sites (N-methyl/N-ethyl adjacent to an activating group) is 1. The molecule has 0 amide bonds. The van der Waals surface area contributed by atoms with E-state index in [-0.39, 0.29) is 23.4 Å². The number of aromatic nitrogens is 1. The standard InChI is InChI=1S/C14H16N2O5/c1-16-7-3-2-4-9(16)8-19-11-10-5-6-15-12(11)21-14(18)13(17)20-10/h5-6,9H,2-4,7-8H2,1H3. The Kier molecular flexibility index (Phi) is 3.74. The Morgan fingerprint density at radius 1 is 1.33 bits per heavy atom. The molecule has 0 spiro atoms. The number of esters is 2. The number of pyridine rings is 1. The third kappa shape index (κ3) is 2.82. The first kappa shape index (κ1) is 13.8. The first-order valence-electron chi connectivity index (χ1n) is 6.91. The maximum Gasteiger partial charge on any atom is 0.424 e. The maximum atomic E-state index is 11.4. The minimum atomic E-state index is -1.09. The predicted molar refractivity (Wildman–Crippen MR) is 71.3 cm³/mol. The van der Waals surface area contributed by atoms with Crippen molar-refractivity contribution in [2.45, 2.75) is 25.3 Å². The van der Waals surface area contributed by atoms with E-state index in [1.165, 1.54) is 18.7 Å². The van der Waals surface area contributed by atoms with E-state index in [0.717, 1.165) is 19.4 Å². The average molecular weight is 292 g/mol. The summed E-state index contributed by atoms with van der Waals surface area (Å²) in [6, 6.07) is 1.76. The number of hydrogen-bond acceptors (Lipinski definition) is 7. The van der Waals surface area contributed by atoms with Crippen LogP contribution in [0.3, 0.4) is 0 Å². The van der Waals surface area contributed by atoms with Crippen LogP contribution in [0.5, 0.6) is 17.4 Å². The van der Waals surface area contributed by atoms with Crippen molar-refractivity contribution in [3.63, 3.8) is 0 Å². The fourth-order valence-corrected chi connectivity index (χ4v) is 2.50. The van der Waals surface area contributed by atoms with E-state index in [1.54, 1.807) is 0 Å². The molecule has 21 heavy (non-hydrogen) atoms. The van der Waals surface area contributed by atoms with Crippen LogP contribution in [-0.4, -0.2) is 48.1 Å². The summed E-state index contributed by atoms with van der Waals surface area (Å²) in [6.07, 6.45) is 4.79. The summed E-state index contributed by atoms with van der Waals surface area (Å²) in [7, 11) is 2.05. The minimum absolute atomic E-state index is 0.0261. The topological polar surface area (TPSA) is 78.0 Å². The molecule has 0 aromatic carbocycles. The van der Waals surface area contributed by atoms with Crippen molar-refractivity contribution < 1.29 is 23.8 Å². The highest BCUT2D eigenvalue weighted by Gasteiger charge is 2.30. The van der Waals surface area contributed by atoms with Gasteiger partial charge in [0.25, 0.3) is 5.88 Å². The van der Waals surface area contributed by atoms with Crippen LogP contribution in [0.1, 0.15) is 19.3 Å². The zero-order valence-electron chi connectivity index (χ0n) is 11.7. The van der Waals surface area contributed by atoms with Crippen LogP contribution in [-0.2, 0) is 9.59 Å². The quantitative estimate of drug-likeness (QED) is 0.601. The van der Waals surface area contributed by atoms with Gasteiger partial charge in [0, 0.05) is 18.3 Å². The zero-order chi connectivity index (χ0) is 14.8. The fraction of sp³-hybridized carbons (Fsp3) is 0.500. The highest BCUT2D eigenvalue weighted by molar-refractivity contribution is 6.31. The van der Waals surface area contributed by atoms with Crippen LogP contribution in [0, 0.1) is 0 Å². The van der Waals surface area contributed by atoms with Crippen molar-refractivity contribution in [2.75, 3.05) is 20.2 Å². The van der Waals surface area contributed by atoms with E-state index in [0.29, 0.717) is 6.61 Å². The third-order valence-corrected chi connectivity index (χ3v) is 3.74. The second kappa shape index (κ2) is 5.69. The fourth-order valence-electron chi connectivity index (χ4n) is 2.50. The van der Waals surface area contributed by atoms with Gasteiger partial charge in [-0.15, -0.1) is 0 Å². The summed E-state index contributed by atoms with van der Waals surface area (Å²) in [5.41, 5.74) is 0. The number of hydrogen-bond donors (Lipinski definition) is 0. The Morgan fingerprint density at radius 2 is 2.14 bits per heavy atom. The van der Waals surface area contributed by atoms with E-state index in [9.17, 15) is 9.59 Å². The van der Waals surface area contributed by atoms with Crippen LogP contribution in [0.25, 0.3) is 0 Å². The molecule has 1 unspecified atom stereocenters. The molecule has 7 heteroatoms. The van der Waals surface area contributed by atoms with Crippen LogP contribution in [0.2, 0.25) is 0 Å². The SMILES string of the molecule is CN1CCCCC1COc1c2ccnc1OC(=O)C(=O)O2. The van der Waals surface area contributed by atoms with Crippen LogP contribution in [0.15, 0.2) is 12.3 Å². The average Bonchev–Trinajstić information content (AvgIpc) is 2.53.